The molecule has 160 valence electrons. The Balaban J connectivity index is 1.72. The molecule has 0 spiro atoms. The number of fused-ring (bicyclic) bond motifs is 1. The zero-order valence-electron chi connectivity index (χ0n) is 18.2. The number of ether oxygens (including phenoxy) is 1. The van der Waals surface area contributed by atoms with Crippen LogP contribution in [0.15, 0.2) is 60.9 Å². The molecular formula is C24H28N6O. The van der Waals surface area contributed by atoms with Crippen LogP contribution in [0, 0.1) is 0 Å². The third-order valence-electron chi connectivity index (χ3n) is 5.33. The maximum atomic E-state index is 6.33. The van der Waals surface area contributed by atoms with Crippen LogP contribution >= 0.6 is 0 Å². The molecule has 1 unspecified atom stereocenters. The van der Waals surface area contributed by atoms with Crippen molar-refractivity contribution in [2.75, 3.05) is 30.8 Å². The topological polar surface area (TPSA) is 81.6 Å². The molecule has 0 aliphatic heterocycles. The van der Waals surface area contributed by atoms with Crippen molar-refractivity contribution in [3.8, 4) is 22.4 Å². The molecule has 0 aliphatic carbocycles. The van der Waals surface area contributed by atoms with E-state index in [1.807, 2.05) is 42.6 Å². The number of nitrogen functional groups attached to an aromatic ring is 1. The first-order chi connectivity index (χ1) is 15.1. The van der Waals surface area contributed by atoms with Gasteiger partial charge in [0.15, 0.2) is 5.65 Å². The van der Waals surface area contributed by atoms with Crippen molar-refractivity contribution in [1.29, 1.82) is 0 Å². The summed E-state index contributed by atoms with van der Waals surface area (Å²) in [6, 6.07) is 16.1. The van der Waals surface area contributed by atoms with Gasteiger partial charge >= 0.3 is 0 Å². The van der Waals surface area contributed by atoms with E-state index < -0.39 is 0 Å². The monoisotopic (exact) mass is 416 g/mol. The van der Waals surface area contributed by atoms with Crippen LogP contribution in [0.25, 0.3) is 28.0 Å². The average Bonchev–Trinajstić information content (AvgIpc) is 3.24. The number of nitrogens with two attached hydrogens (primary N) is 1. The highest BCUT2D eigenvalue weighted by Gasteiger charge is 2.17. The Hall–Kier alpha value is -3.45. The van der Waals surface area contributed by atoms with Gasteiger partial charge in [-0.05, 0) is 19.4 Å². The van der Waals surface area contributed by atoms with Gasteiger partial charge in [-0.15, -0.1) is 0 Å². The quantitative estimate of drug-likeness (QED) is 0.461. The van der Waals surface area contributed by atoms with Gasteiger partial charge in [0.2, 0.25) is 0 Å². The molecule has 0 fully saturated rings. The van der Waals surface area contributed by atoms with Crippen molar-refractivity contribution in [3.63, 3.8) is 0 Å². The van der Waals surface area contributed by atoms with Crippen molar-refractivity contribution >= 4 is 17.3 Å². The molecule has 3 aromatic heterocycles. The number of nitrogens with zero attached hydrogens (tertiary/aromatic N) is 5. The highest BCUT2D eigenvalue weighted by molar-refractivity contribution is 5.79. The second kappa shape index (κ2) is 9.14. The second-order valence-corrected chi connectivity index (χ2v) is 7.62. The summed E-state index contributed by atoms with van der Waals surface area (Å²) >= 11 is 0. The molecule has 4 aromatic rings. The molecule has 0 radical (unpaired) electrons. The number of aromatic nitrogens is 4. The summed E-state index contributed by atoms with van der Waals surface area (Å²) in [6.07, 6.45) is 4.75. The first-order valence-electron chi connectivity index (χ1n) is 10.5. The number of pyridine rings is 1. The SMILES string of the molecule is CCCN(CC(C)OC)c1cc(N)n2ncc(-c3ccc(-c4ccccc4)nc3)c2n1. The average molecular weight is 417 g/mol. The lowest BCUT2D eigenvalue weighted by Gasteiger charge is -2.26. The van der Waals surface area contributed by atoms with E-state index in [4.69, 9.17) is 15.5 Å². The molecule has 1 atom stereocenters. The van der Waals surface area contributed by atoms with Crippen LogP contribution in [0.2, 0.25) is 0 Å². The maximum Gasteiger partial charge on any atom is 0.167 e. The molecule has 7 heteroatoms. The lowest BCUT2D eigenvalue weighted by molar-refractivity contribution is 0.123. The Labute approximate surface area is 182 Å². The van der Waals surface area contributed by atoms with Gasteiger partial charge in [0.05, 0.1) is 18.0 Å². The predicted molar refractivity (Wildman–Crippen MR) is 125 cm³/mol. The fraction of sp³-hybridized carbons (Fsp3) is 0.292. The minimum atomic E-state index is 0.0879. The van der Waals surface area contributed by atoms with Crippen LogP contribution < -0.4 is 10.6 Å². The molecule has 0 bridgehead atoms. The zero-order chi connectivity index (χ0) is 21.8. The number of hydrogen-bond donors (Lipinski definition) is 1. The van der Waals surface area contributed by atoms with E-state index in [9.17, 15) is 0 Å². The zero-order valence-corrected chi connectivity index (χ0v) is 18.2. The number of rotatable bonds is 8. The molecule has 0 saturated carbocycles. The summed E-state index contributed by atoms with van der Waals surface area (Å²) in [5.41, 5.74) is 10.9. The molecule has 0 saturated heterocycles. The van der Waals surface area contributed by atoms with Gasteiger partial charge in [0, 0.05) is 49.2 Å². The fourth-order valence-electron chi connectivity index (χ4n) is 3.63. The molecule has 3 heterocycles. The van der Waals surface area contributed by atoms with Crippen LogP contribution in [-0.2, 0) is 4.74 Å². The molecule has 7 nitrogen and oxygen atoms in total. The number of hydrogen-bond acceptors (Lipinski definition) is 6. The van der Waals surface area contributed by atoms with Crippen molar-refractivity contribution in [1.82, 2.24) is 19.6 Å². The Kier molecular flexibility index (Phi) is 6.13. The first-order valence-corrected chi connectivity index (χ1v) is 10.5. The van der Waals surface area contributed by atoms with Crippen LogP contribution in [-0.4, -0.2) is 45.9 Å². The molecule has 0 amide bonds. The number of anilines is 2. The standard InChI is InChI=1S/C24H28N6O/c1-4-12-29(16-17(2)31-3)23-13-22(25)30-24(28-23)20(15-27-30)19-10-11-21(26-14-19)18-8-6-5-7-9-18/h5-11,13-15,17H,4,12,16,25H2,1-3H3. The van der Waals surface area contributed by atoms with Gasteiger partial charge in [-0.2, -0.15) is 9.61 Å². The fourth-order valence-corrected chi connectivity index (χ4v) is 3.63. The third kappa shape index (κ3) is 4.36. The highest BCUT2D eigenvalue weighted by Crippen LogP contribution is 2.28. The van der Waals surface area contributed by atoms with Crippen molar-refractivity contribution in [3.05, 3.63) is 60.9 Å². The molecule has 31 heavy (non-hydrogen) atoms. The van der Waals surface area contributed by atoms with Crippen LogP contribution in [0.4, 0.5) is 11.6 Å². The van der Waals surface area contributed by atoms with E-state index in [-0.39, 0.29) is 6.10 Å². The predicted octanol–water partition coefficient (Wildman–Crippen LogP) is 4.29. The summed E-state index contributed by atoms with van der Waals surface area (Å²) in [6.45, 7) is 5.81. The van der Waals surface area contributed by atoms with Gasteiger partial charge in [0.25, 0.3) is 0 Å². The van der Waals surface area contributed by atoms with E-state index in [0.29, 0.717) is 5.82 Å². The Morgan fingerprint density at radius 3 is 2.58 bits per heavy atom. The van der Waals surface area contributed by atoms with E-state index in [1.54, 1.807) is 17.8 Å². The van der Waals surface area contributed by atoms with Gasteiger partial charge in [-0.25, -0.2) is 4.98 Å². The van der Waals surface area contributed by atoms with Crippen molar-refractivity contribution in [2.45, 2.75) is 26.4 Å². The lowest BCUT2D eigenvalue weighted by atomic mass is 10.1. The molecule has 4 rings (SSSR count). The van der Waals surface area contributed by atoms with E-state index in [0.717, 1.165) is 53.4 Å². The van der Waals surface area contributed by atoms with Gasteiger partial charge in [0.1, 0.15) is 11.6 Å². The Morgan fingerprint density at radius 2 is 1.90 bits per heavy atom. The van der Waals surface area contributed by atoms with E-state index >= 15 is 0 Å². The summed E-state index contributed by atoms with van der Waals surface area (Å²) in [7, 11) is 1.72. The van der Waals surface area contributed by atoms with Gasteiger partial charge in [-0.1, -0.05) is 43.3 Å². The maximum absolute atomic E-state index is 6.33. The van der Waals surface area contributed by atoms with Crippen molar-refractivity contribution in [2.24, 2.45) is 0 Å². The van der Waals surface area contributed by atoms with Crippen LogP contribution in [0.1, 0.15) is 20.3 Å². The second-order valence-electron chi connectivity index (χ2n) is 7.62. The first kappa shape index (κ1) is 20.8. The Morgan fingerprint density at radius 1 is 1.10 bits per heavy atom. The molecule has 1 aromatic carbocycles. The van der Waals surface area contributed by atoms with Gasteiger partial charge < -0.3 is 15.4 Å². The van der Waals surface area contributed by atoms with Crippen LogP contribution in [0.5, 0.6) is 0 Å². The normalized spacial score (nSPS) is 12.2. The molecular weight excluding hydrogens is 388 g/mol. The number of methoxy groups -OCH3 is 1. The summed E-state index contributed by atoms with van der Waals surface area (Å²) < 4.78 is 7.14. The Bertz CT molecular complexity index is 1140. The lowest BCUT2D eigenvalue weighted by Crippen LogP contribution is -2.33. The molecule has 0 aliphatic rings. The van der Waals surface area contributed by atoms with E-state index in [1.165, 1.54) is 0 Å². The summed E-state index contributed by atoms with van der Waals surface area (Å²) in [4.78, 5) is 11.8. The minimum Gasteiger partial charge on any atom is -0.383 e. The van der Waals surface area contributed by atoms with Crippen molar-refractivity contribution < 1.29 is 4.74 Å². The van der Waals surface area contributed by atoms with Gasteiger partial charge in [-0.3, -0.25) is 4.98 Å². The smallest absolute Gasteiger partial charge is 0.167 e. The summed E-state index contributed by atoms with van der Waals surface area (Å²) in [5, 5.41) is 4.46. The van der Waals surface area contributed by atoms with E-state index in [2.05, 4.69) is 41.0 Å². The molecule has 2 N–H and O–H groups in total. The number of benzene rings is 1. The van der Waals surface area contributed by atoms with Crippen LogP contribution in [0.3, 0.4) is 0 Å². The third-order valence-corrected chi connectivity index (χ3v) is 5.33. The largest absolute Gasteiger partial charge is 0.383 e. The minimum absolute atomic E-state index is 0.0879. The summed E-state index contributed by atoms with van der Waals surface area (Å²) in [5.74, 6) is 1.37. The highest BCUT2D eigenvalue weighted by atomic mass is 16.5.